The zero-order valence-corrected chi connectivity index (χ0v) is 17.2. The molecule has 0 atom stereocenters. The van der Waals surface area contributed by atoms with E-state index in [1.807, 2.05) is 23.9 Å². The SMILES string of the molecule is CCNC(=NCCCCN1CCOCC1)NCCSc1ccc(Cl)cc1. The van der Waals surface area contributed by atoms with Crippen LogP contribution in [-0.2, 0) is 4.74 Å². The largest absolute Gasteiger partial charge is 0.379 e. The van der Waals surface area contributed by atoms with E-state index in [4.69, 9.17) is 16.3 Å². The molecule has 1 aliphatic rings. The standard InChI is InChI=1S/C19H31ClN4OS/c1-2-21-19(22-9-3-4-11-24-12-14-25-15-13-24)23-10-16-26-18-7-5-17(20)6-8-18/h5-8H,2-4,9-16H2,1H3,(H2,21,22,23). The molecular weight excluding hydrogens is 368 g/mol. The first kappa shape index (κ1) is 21.4. The third kappa shape index (κ3) is 9.12. The Labute approximate surface area is 166 Å². The van der Waals surface area contributed by atoms with Gasteiger partial charge in [0.15, 0.2) is 5.96 Å². The molecule has 0 amide bonds. The third-order valence-corrected chi connectivity index (χ3v) is 5.34. The summed E-state index contributed by atoms with van der Waals surface area (Å²) in [4.78, 5) is 8.39. The minimum absolute atomic E-state index is 0.780. The molecule has 1 aromatic rings. The Balaban J connectivity index is 1.58. The summed E-state index contributed by atoms with van der Waals surface area (Å²) < 4.78 is 5.38. The predicted molar refractivity (Wildman–Crippen MR) is 113 cm³/mol. The van der Waals surface area contributed by atoms with Gasteiger partial charge in [-0.25, -0.2) is 0 Å². The molecule has 2 N–H and O–H groups in total. The molecule has 1 fully saturated rings. The molecule has 0 aliphatic carbocycles. The number of nitrogens with zero attached hydrogens (tertiary/aromatic N) is 2. The maximum Gasteiger partial charge on any atom is 0.191 e. The van der Waals surface area contributed by atoms with Crippen LogP contribution in [0.1, 0.15) is 19.8 Å². The second-order valence-corrected chi connectivity index (χ2v) is 7.76. The van der Waals surface area contributed by atoms with Crippen molar-refractivity contribution in [3.63, 3.8) is 0 Å². The van der Waals surface area contributed by atoms with Crippen molar-refractivity contribution in [1.29, 1.82) is 0 Å². The fraction of sp³-hybridized carbons (Fsp3) is 0.632. The van der Waals surface area contributed by atoms with E-state index in [-0.39, 0.29) is 0 Å². The molecule has 2 rings (SSSR count). The van der Waals surface area contributed by atoms with Crippen LogP contribution in [0.3, 0.4) is 0 Å². The fourth-order valence-corrected chi connectivity index (χ4v) is 3.57. The van der Waals surface area contributed by atoms with Crippen LogP contribution in [0.25, 0.3) is 0 Å². The topological polar surface area (TPSA) is 48.9 Å². The van der Waals surface area contributed by atoms with Crippen LogP contribution in [0, 0.1) is 0 Å². The zero-order valence-electron chi connectivity index (χ0n) is 15.7. The number of hydrogen-bond donors (Lipinski definition) is 2. The number of hydrogen-bond acceptors (Lipinski definition) is 4. The van der Waals surface area contributed by atoms with Crippen LogP contribution in [0.2, 0.25) is 5.02 Å². The van der Waals surface area contributed by atoms with E-state index in [1.54, 1.807) is 0 Å². The number of halogens is 1. The molecule has 0 unspecified atom stereocenters. The van der Waals surface area contributed by atoms with E-state index >= 15 is 0 Å². The second-order valence-electron chi connectivity index (χ2n) is 6.15. The van der Waals surface area contributed by atoms with Gasteiger partial charge in [0.1, 0.15) is 0 Å². The molecule has 26 heavy (non-hydrogen) atoms. The molecular formula is C19H31ClN4OS. The summed E-state index contributed by atoms with van der Waals surface area (Å²) in [6.07, 6.45) is 2.31. The zero-order chi connectivity index (χ0) is 18.5. The van der Waals surface area contributed by atoms with Gasteiger partial charge in [-0.3, -0.25) is 9.89 Å². The first-order valence-corrected chi connectivity index (χ1v) is 10.8. The molecule has 1 heterocycles. The van der Waals surface area contributed by atoms with E-state index in [0.29, 0.717) is 0 Å². The van der Waals surface area contributed by atoms with E-state index in [2.05, 4.69) is 39.6 Å². The van der Waals surface area contributed by atoms with Gasteiger partial charge in [-0.2, -0.15) is 0 Å². The molecule has 0 radical (unpaired) electrons. The van der Waals surface area contributed by atoms with E-state index in [1.165, 1.54) is 11.3 Å². The molecule has 1 aliphatic heterocycles. The normalized spacial score (nSPS) is 15.8. The van der Waals surface area contributed by atoms with Gasteiger partial charge in [0.05, 0.1) is 13.2 Å². The molecule has 0 aromatic heterocycles. The van der Waals surface area contributed by atoms with E-state index in [0.717, 1.165) is 75.6 Å². The van der Waals surface area contributed by atoms with Crippen molar-refractivity contribution < 1.29 is 4.74 Å². The Morgan fingerprint density at radius 1 is 1.19 bits per heavy atom. The average molecular weight is 399 g/mol. The number of nitrogens with one attached hydrogen (secondary N) is 2. The molecule has 1 saturated heterocycles. The van der Waals surface area contributed by atoms with Crippen molar-refractivity contribution >= 4 is 29.3 Å². The Hall–Kier alpha value is -0.950. The Morgan fingerprint density at radius 2 is 1.96 bits per heavy atom. The van der Waals surface area contributed by atoms with Crippen LogP contribution >= 0.6 is 23.4 Å². The number of guanidine groups is 1. The molecule has 1 aromatic carbocycles. The van der Waals surface area contributed by atoms with Crippen LogP contribution in [0.5, 0.6) is 0 Å². The number of benzene rings is 1. The van der Waals surface area contributed by atoms with Gasteiger partial charge < -0.3 is 15.4 Å². The summed E-state index contributed by atoms with van der Waals surface area (Å²) >= 11 is 7.73. The smallest absolute Gasteiger partial charge is 0.191 e. The van der Waals surface area contributed by atoms with Crippen LogP contribution in [0.4, 0.5) is 0 Å². The maximum absolute atomic E-state index is 5.91. The van der Waals surface area contributed by atoms with Crippen molar-refractivity contribution in [3.8, 4) is 0 Å². The maximum atomic E-state index is 5.91. The monoisotopic (exact) mass is 398 g/mol. The summed E-state index contributed by atoms with van der Waals surface area (Å²) in [7, 11) is 0. The minimum atomic E-state index is 0.780. The summed E-state index contributed by atoms with van der Waals surface area (Å²) in [5.41, 5.74) is 0. The quantitative estimate of drug-likeness (QED) is 0.274. The van der Waals surface area contributed by atoms with E-state index in [9.17, 15) is 0 Å². The predicted octanol–water partition coefficient (Wildman–Crippen LogP) is 3.10. The molecule has 5 nitrogen and oxygen atoms in total. The minimum Gasteiger partial charge on any atom is -0.379 e. The van der Waals surface area contributed by atoms with Crippen molar-refractivity contribution in [2.45, 2.75) is 24.7 Å². The summed E-state index contributed by atoms with van der Waals surface area (Å²) in [6, 6.07) is 7.97. The first-order chi connectivity index (χ1) is 12.8. The molecule has 7 heteroatoms. The fourth-order valence-electron chi connectivity index (χ4n) is 2.67. The lowest BCUT2D eigenvalue weighted by Gasteiger charge is -2.26. The van der Waals surface area contributed by atoms with Crippen molar-refractivity contribution in [2.75, 3.05) is 58.2 Å². The Morgan fingerprint density at radius 3 is 2.69 bits per heavy atom. The van der Waals surface area contributed by atoms with Crippen LogP contribution in [-0.4, -0.2) is 69.1 Å². The van der Waals surface area contributed by atoms with E-state index < -0.39 is 0 Å². The van der Waals surface area contributed by atoms with Gasteiger partial charge in [-0.1, -0.05) is 11.6 Å². The number of rotatable bonds is 10. The Bertz CT molecular complexity index is 521. The summed E-state index contributed by atoms with van der Waals surface area (Å²) in [6.45, 7) is 9.76. The van der Waals surface area contributed by atoms with Gasteiger partial charge in [0, 0.05) is 48.4 Å². The number of thioether (sulfide) groups is 1. The van der Waals surface area contributed by atoms with Crippen molar-refractivity contribution in [2.24, 2.45) is 4.99 Å². The summed E-state index contributed by atoms with van der Waals surface area (Å²) in [5.74, 6) is 1.90. The van der Waals surface area contributed by atoms with Crippen molar-refractivity contribution in [1.82, 2.24) is 15.5 Å². The molecule has 146 valence electrons. The number of morpholine rings is 1. The van der Waals surface area contributed by atoms with Gasteiger partial charge in [0.25, 0.3) is 0 Å². The lowest BCUT2D eigenvalue weighted by Crippen LogP contribution is -2.38. The van der Waals surface area contributed by atoms with Gasteiger partial charge in [0.2, 0.25) is 0 Å². The number of unbranched alkanes of at least 4 members (excludes halogenated alkanes) is 1. The van der Waals surface area contributed by atoms with Gasteiger partial charge in [-0.05, 0) is 50.6 Å². The second kappa shape index (κ2) is 13.3. The lowest BCUT2D eigenvalue weighted by atomic mass is 10.3. The van der Waals surface area contributed by atoms with Crippen molar-refractivity contribution in [3.05, 3.63) is 29.3 Å². The number of ether oxygens (including phenoxy) is 1. The lowest BCUT2D eigenvalue weighted by molar-refractivity contribution is 0.0373. The molecule has 0 bridgehead atoms. The highest BCUT2D eigenvalue weighted by Gasteiger charge is 2.08. The highest BCUT2D eigenvalue weighted by atomic mass is 35.5. The number of aliphatic imine (C=N–C) groups is 1. The molecule has 0 spiro atoms. The van der Waals surface area contributed by atoms with Gasteiger partial charge in [-0.15, -0.1) is 11.8 Å². The Kier molecular flexibility index (Phi) is 10.9. The third-order valence-electron chi connectivity index (χ3n) is 4.08. The highest BCUT2D eigenvalue weighted by molar-refractivity contribution is 7.99. The average Bonchev–Trinajstić information content (AvgIpc) is 2.67. The van der Waals surface area contributed by atoms with Gasteiger partial charge >= 0.3 is 0 Å². The van der Waals surface area contributed by atoms with Crippen LogP contribution in [0.15, 0.2) is 34.2 Å². The summed E-state index contributed by atoms with van der Waals surface area (Å²) in [5, 5.41) is 7.50. The molecule has 0 saturated carbocycles. The first-order valence-electron chi connectivity index (χ1n) is 9.48. The highest BCUT2D eigenvalue weighted by Crippen LogP contribution is 2.19. The van der Waals surface area contributed by atoms with Crippen LogP contribution < -0.4 is 10.6 Å².